The quantitative estimate of drug-likeness (QED) is 0.449. The molecule has 0 N–H and O–H groups in total. The van der Waals surface area contributed by atoms with E-state index in [1.165, 1.54) is 12.1 Å². The molecule has 1 aliphatic heterocycles. The number of fused-ring (bicyclic) bond motifs is 1. The summed E-state index contributed by atoms with van der Waals surface area (Å²) < 4.78 is 16.0. The maximum Gasteiger partial charge on any atom is 0.256 e. The Morgan fingerprint density at radius 3 is 2.38 bits per heavy atom. The Balaban J connectivity index is 1.47. The van der Waals surface area contributed by atoms with Gasteiger partial charge in [0.05, 0.1) is 22.3 Å². The van der Waals surface area contributed by atoms with E-state index in [2.05, 4.69) is 11.8 Å². The van der Waals surface area contributed by atoms with Crippen LogP contribution in [0.4, 0.5) is 10.2 Å². The molecule has 174 valence electrons. The molecule has 7 nitrogen and oxygen atoms in total. The fourth-order valence-electron chi connectivity index (χ4n) is 4.45. The van der Waals surface area contributed by atoms with Gasteiger partial charge in [-0.1, -0.05) is 37.3 Å². The number of benzene rings is 2. The van der Waals surface area contributed by atoms with Gasteiger partial charge in [-0.25, -0.2) is 19.0 Å². The van der Waals surface area contributed by atoms with Gasteiger partial charge in [0.2, 0.25) is 0 Å². The van der Waals surface area contributed by atoms with E-state index >= 15 is 0 Å². The number of piperazine rings is 1. The van der Waals surface area contributed by atoms with Gasteiger partial charge in [-0.3, -0.25) is 4.79 Å². The summed E-state index contributed by atoms with van der Waals surface area (Å²) in [7, 11) is 0. The lowest BCUT2D eigenvalue weighted by Crippen LogP contribution is -2.49. The van der Waals surface area contributed by atoms with Crippen molar-refractivity contribution >= 4 is 22.8 Å². The van der Waals surface area contributed by atoms with Gasteiger partial charge in [0.1, 0.15) is 17.5 Å². The van der Waals surface area contributed by atoms with Crippen molar-refractivity contribution in [2.45, 2.75) is 26.7 Å². The number of aryl methyl sites for hydroxylation is 2. The van der Waals surface area contributed by atoms with Gasteiger partial charge in [-0.2, -0.15) is 5.10 Å². The first-order valence-corrected chi connectivity index (χ1v) is 11.7. The van der Waals surface area contributed by atoms with E-state index in [9.17, 15) is 9.18 Å². The molecule has 1 aliphatic rings. The Labute approximate surface area is 197 Å². The van der Waals surface area contributed by atoms with Crippen molar-refractivity contribution in [2.24, 2.45) is 0 Å². The number of hydrogen-bond acceptors (Lipinski definition) is 5. The van der Waals surface area contributed by atoms with E-state index in [1.54, 1.807) is 17.0 Å². The second kappa shape index (κ2) is 9.21. The fourth-order valence-corrected chi connectivity index (χ4v) is 4.45. The van der Waals surface area contributed by atoms with Crippen LogP contribution in [0.15, 0.2) is 54.6 Å². The largest absolute Gasteiger partial charge is 0.352 e. The zero-order valence-corrected chi connectivity index (χ0v) is 19.4. The van der Waals surface area contributed by atoms with E-state index in [4.69, 9.17) is 15.1 Å². The van der Waals surface area contributed by atoms with Gasteiger partial charge in [0.25, 0.3) is 5.91 Å². The lowest BCUT2D eigenvalue weighted by Gasteiger charge is -2.35. The van der Waals surface area contributed by atoms with E-state index in [1.807, 2.05) is 41.9 Å². The number of rotatable bonds is 5. The van der Waals surface area contributed by atoms with Crippen LogP contribution in [0.1, 0.15) is 35.2 Å². The zero-order chi connectivity index (χ0) is 23.7. The molecule has 0 radical (unpaired) electrons. The first-order valence-electron chi connectivity index (χ1n) is 11.7. The summed E-state index contributed by atoms with van der Waals surface area (Å²) in [5.41, 5.74) is 2.72. The Bertz CT molecular complexity index is 1330. The van der Waals surface area contributed by atoms with Crippen LogP contribution in [0.3, 0.4) is 0 Å². The van der Waals surface area contributed by atoms with Crippen molar-refractivity contribution in [3.8, 4) is 5.69 Å². The van der Waals surface area contributed by atoms with Gasteiger partial charge < -0.3 is 9.80 Å². The third kappa shape index (κ3) is 4.00. The van der Waals surface area contributed by atoms with Gasteiger partial charge in [0, 0.05) is 32.6 Å². The molecule has 0 unspecified atom stereocenters. The summed E-state index contributed by atoms with van der Waals surface area (Å²) in [6.45, 7) is 6.29. The summed E-state index contributed by atoms with van der Waals surface area (Å²) in [5.74, 6) is 0.879. The van der Waals surface area contributed by atoms with E-state index in [-0.39, 0.29) is 11.5 Å². The molecule has 0 bridgehead atoms. The molecule has 2 aromatic heterocycles. The Kier molecular flexibility index (Phi) is 5.96. The predicted molar refractivity (Wildman–Crippen MR) is 130 cm³/mol. The molecule has 4 aromatic rings. The summed E-state index contributed by atoms with van der Waals surface area (Å²) >= 11 is 0. The smallest absolute Gasteiger partial charge is 0.256 e. The van der Waals surface area contributed by atoms with E-state index in [0.717, 1.165) is 46.9 Å². The molecule has 0 saturated carbocycles. The summed E-state index contributed by atoms with van der Waals surface area (Å²) in [6, 6.07) is 16.1. The average molecular weight is 459 g/mol. The predicted octanol–water partition coefficient (Wildman–Crippen LogP) is 4.18. The maximum atomic E-state index is 14.1. The monoisotopic (exact) mass is 458 g/mol. The first-order chi connectivity index (χ1) is 16.6. The third-order valence-electron chi connectivity index (χ3n) is 6.17. The fraction of sp³-hybridized carbons (Fsp3) is 0.308. The molecule has 1 amide bonds. The Morgan fingerprint density at radius 1 is 0.971 bits per heavy atom. The van der Waals surface area contributed by atoms with E-state index in [0.29, 0.717) is 26.2 Å². The lowest BCUT2D eigenvalue weighted by molar-refractivity contribution is 0.0742. The van der Waals surface area contributed by atoms with Crippen molar-refractivity contribution in [3.05, 3.63) is 77.5 Å². The summed E-state index contributed by atoms with van der Waals surface area (Å²) in [4.78, 5) is 26.5. The van der Waals surface area contributed by atoms with Crippen LogP contribution >= 0.6 is 0 Å². The number of halogens is 1. The van der Waals surface area contributed by atoms with Crippen LogP contribution in [-0.4, -0.2) is 56.7 Å². The van der Waals surface area contributed by atoms with Gasteiger partial charge in [-0.05, 0) is 37.6 Å². The molecule has 0 atom stereocenters. The number of para-hydroxylation sites is 1. The second-order valence-electron chi connectivity index (χ2n) is 8.50. The third-order valence-corrected chi connectivity index (χ3v) is 6.17. The molecular formula is C26H27FN6O. The van der Waals surface area contributed by atoms with Crippen LogP contribution in [0.25, 0.3) is 16.7 Å². The normalized spacial score (nSPS) is 14.1. The van der Waals surface area contributed by atoms with Crippen LogP contribution < -0.4 is 4.90 Å². The highest BCUT2D eigenvalue weighted by molar-refractivity contribution is 5.95. The average Bonchev–Trinajstić information content (AvgIpc) is 3.20. The number of carbonyl (C=O) groups excluding carboxylic acids is 1. The minimum absolute atomic E-state index is 0.116. The zero-order valence-electron chi connectivity index (χ0n) is 19.4. The van der Waals surface area contributed by atoms with Gasteiger partial charge in [0.15, 0.2) is 5.65 Å². The molecule has 5 rings (SSSR count). The Hall–Kier alpha value is -3.81. The molecule has 8 heteroatoms. The summed E-state index contributed by atoms with van der Waals surface area (Å²) in [6.07, 6.45) is 1.71. The van der Waals surface area contributed by atoms with Crippen molar-refractivity contribution in [3.63, 3.8) is 0 Å². The first kappa shape index (κ1) is 22.0. The molecule has 34 heavy (non-hydrogen) atoms. The number of anilines is 1. The van der Waals surface area contributed by atoms with Crippen molar-refractivity contribution in [1.82, 2.24) is 24.6 Å². The van der Waals surface area contributed by atoms with Gasteiger partial charge in [-0.15, -0.1) is 0 Å². The van der Waals surface area contributed by atoms with Crippen LogP contribution in [0.2, 0.25) is 0 Å². The standard InChI is InChI=1S/C26H27FN6O/c1-3-9-22-28-24(23-18(2)30-33(25(23)29-22)19-10-5-4-6-11-19)31-14-16-32(17-15-31)26(34)20-12-7-8-13-21(20)27/h4-8,10-13H,3,9,14-17H2,1-2H3. The van der Waals surface area contributed by atoms with Crippen LogP contribution in [0.5, 0.6) is 0 Å². The second-order valence-corrected chi connectivity index (χ2v) is 8.50. The molecular weight excluding hydrogens is 431 g/mol. The SMILES string of the molecule is CCCc1nc(N2CCN(C(=O)c3ccccc3F)CC2)c2c(C)nn(-c3ccccc3)c2n1. The topological polar surface area (TPSA) is 67.2 Å². The maximum absolute atomic E-state index is 14.1. The van der Waals surface area contributed by atoms with Crippen LogP contribution in [-0.2, 0) is 6.42 Å². The summed E-state index contributed by atoms with van der Waals surface area (Å²) in [5, 5.41) is 5.72. The highest BCUT2D eigenvalue weighted by Gasteiger charge is 2.27. The van der Waals surface area contributed by atoms with Crippen LogP contribution in [0, 0.1) is 12.7 Å². The highest BCUT2D eigenvalue weighted by Crippen LogP contribution is 2.30. The minimum Gasteiger partial charge on any atom is -0.352 e. The Morgan fingerprint density at radius 2 is 1.68 bits per heavy atom. The molecule has 0 aliphatic carbocycles. The molecule has 1 saturated heterocycles. The molecule has 3 heterocycles. The lowest BCUT2D eigenvalue weighted by atomic mass is 10.1. The number of amides is 1. The van der Waals surface area contributed by atoms with Crippen molar-refractivity contribution in [2.75, 3.05) is 31.1 Å². The highest BCUT2D eigenvalue weighted by atomic mass is 19.1. The number of aromatic nitrogens is 4. The molecule has 2 aromatic carbocycles. The minimum atomic E-state index is -0.486. The number of nitrogens with zero attached hydrogens (tertiary/aromatic N) is 6. The molecule has 0 spiro atoms. The van der Waals surface area contributed by atoms with Gasteiger partial charge >= 0.3 is 0 Å². The number of carbonyl (C=O) groups is 1. The van der Waals surface area contributed by atoms with Crippen molar-refractivity contribution in [1.29, 1.82) is 0 Å². The van der Waals surface area contributed by atoms with E-state index < -0.39 is 5.82 Å². The molecule has 1 fully saturated rings. The van der Waals surface area contributed by atoms with Crippen molar-refractivity contribution < 1.29 is 9.18 Å². The number of hydrogen-bond donors (Lipinski definition) is 0.